The minimum atomic E-state index is -3.42. The van der Waals surface area contributed by atoms with E-state index in [0.29, 0.717) is 6.20 Å². The molecule has 36 heavy (non-hydrogen) atoms. The Morgan fingerprint density at radius 3 is 2.64 bits per heavy atom. The number of alkyl halides is 1. The van der Waals surface area contributed by atoms with Crippen LogP contribution in [0.5, 0.6) is 11.5 Å². The predicted octanol–water partition coefficient (Wildman–Crippen LogP) is -2.69. The number of aromatic hydroxyl groups is 1. The van der Waals surface area contributed by atoms with Crippen molar-refractivity contribution in [1.29, 1.82) is 0 Å². The number of nitrogens with one attached hydrogen (secondary N) is 1. The number of aliphatic hydroxyl groups excluding tert-OH is 2. The number of phenols is 1. The largest absolute Gasteiger partial charge is 0.504 e. The topological polar surface area (TPSA) is 224 Å². The first-order valence-electron chi connectivity index (χ1n) is 10.3. The Kier molecular flexibility index (Phi) is 7.79. The quantitative estimate of drug-likeness (QED) is 0.102. The van der Waals surface area contributed by atoms with E-state index in [9.17, 15) is 49.5 Å². The number of aromatic amines is 1. The number of rotatable bonds is 9. The summed E-state index contributed by atoms with van der Waals surface area (Å²) in [6, 6.07) is 3.73. The molecule has 1 aromatic carbocycles. The number of methoxy groups -OCH3 is 1. The molecular formula is C20H24FN3O12. The molecule has 1 aromatic heterocycles. The smallest absolute Gasteiger partial charge is 0.345 e. The van der Waals surface area contributed by atoms with Crippen LogP contribution in [0, 0.1) is 0 Å². The fourth-order valence-electron chi connectivity index (χ4n) is 3.67. The van der Waals surface area contributed by atoms with Gasteiger partial charge in [0.2, 0.25) is 5.72 Å². The molecule has 3 rings (SSSR count). The maximum Gasteiger partial charge on any atom is 0.345 e. The molecule has 1 aliphatic heterocycles. The number of hydrogen-bond donors (Lipinski definition) is 7. The number of benzene rings is 1. The Morgan fingerprint density at radius 1 is 1.33 bits per heavy atom. The fraction of sp³-hybridized carbons (Fsp3) is 0.450. The third-order valence-corrected chi connectivity index (χ3v) is 5.51. The van der Waals surface area contributed by atoms with E-state index in [4.69, 9.17) is 9.47 Å². The molecule has 2 heterocycles. The number of aliphatic hydroxyl groups is 4. The van der Waals surface area contributed by atoms with Gasteiger partial charge in [0.05, 0.1) is 20.3 Å². The highest BCUT2D eigenvalue weighted by Crippen LogP contribution is 2.43. The molecule has 0 spiro atoms. The Hall–Kier alpha value is -3.38. The van der Waals surface area contributed by atoms with Gasteiger partial charge in [-0.3, -0.25) is 9.78 Å². The average molecular weight is 517 g/mol. The lowest BCUT2D eigenvalue weighted by Crippen LogP contribution is -2.68. The van der Waals surface area contributed by atoms with Crippen LogP contribution in [0.1, 0.15) is 15.9 Å². The maximum atomic E-state index is 12.6. The zero-order chi connectivity index (χ0) is 26.8. The monoisotopic (exact) mass is 517 g/mol. The lowest BCUT2D eigenvalue weighted by atomic mass is 10.00. The summed E-state index contributed by atoms with van der Waals surface area (Å²) in [6.07, 6.45) is -3.65. The number of phenolic OH excluding ortho intramolecular Hbond substituents is 1. The van der Waals surface area contributed by atoms with Gasteiger partial charge in [-0.15, -0.1) is 5.06 Å². The van der Waals surface area contributed by atoms with E-state index in [1.54, 1.807) is 4.98 Å². The summed E-state index contributed by atoms with van der Waals surface area (Å²) in [6.45, 7) is -3.51. The summed E-state index contributed by atoms with van der Waals surface area (Å²) >= 11 is 0. The molecule has 0 radical (unpaired) electrons. The summed E-state index contributed by atoms with van der Waals surface area (Å²) in [5.41, 5.74) is -6.83. The van der Waals surface area contributed by atoms with Crippen molar-refractivity contribution in [3.63, 3.8) is 0 Å². The molecule has 4 atom stereocenters. The van der Waals surface area contributed by atoms with Gasteiger partial charge >= 0.3 is 17.6 Å². The number of nitrogens with zero attached hydrogens (tertiary/aromatic N) is 2. The molecule has 1 fully saturated rings. The zero-order valence-electron chi connectivity index (χ0n) is 18.7. The standard InChI is InChI=1S/C20H24FN3O12/c1-34-13-6-10(2-3-12(13)26)7-24(33)19(31)15(27)14(9-25)36-20(19,32)23-8-11(16(28)22-18(23)30)17(29)35-5-4-21/h2-3,6,8,14-15,25-27,31-33H,4-5,7,9H2,1H3,(H,22,28,30)/t14-,15-,19-,20-/m1/s1. The maximum absolute atomic E-state index is 12.6. The summed E-state index contributed by atoms with van der Waals surface area (Å²) in [4.78, 5) is 38.5. The van der Waals surface area contributed by atoms with E-state index in [2.05, 4.69) is 4.74 Å². The molecule has 16 heteroatoms. The number of aromatic nitrogens is 2. The Bertz CT molecular complexity index is 1240. The Balaban J connectivity index is 2.12. The number of hydrogen-bond acceptors (Lipinski definition) is 13. The van der Waals surface area contributed by atoms with E-state index >= 15 is 0 Å². The van der Waals surface area contributed by atoms with Crippen LogP contribution in [0.4, 0.5) is 4.39 Å². The molecule has 2 aromatic rings. The van der Waals surface area contributed by atoms with Crippen molar-refractivity contribution >= 4 is 5.97 Å². The van der Waals surface area contributed by atoms with Crippen molar-refractivity contribution in [2.45, 2.75) is 30.4 Å². The predicted molar refractivity (Wildman–Crippen MR) is 113 cm³/mol. The van der Waals surface area contributed by atoms with Gasteiger partial charge in [-0.25, -0.2) is 18.5 Å². The minimum absolute atomic E-state index is 0.0161. The normalized spacial score (nSPS) is 25.8. The molecule has 0 aliphatic carbocycles. The molecule has 0 saturated carbocycles. The van der Waals surface area contributed by atoms with Gasteiger partial charge in [-0.05, 0) is 17.7 Å². The van der Waals surface area contributed by atoms with Crippen LogP contribution in [-0.4, -0.2) is 96.3 Å². The number of H-pyrrole nitrogens is 1. The lowest BCUT2D eigenvalue weighted by molar-refractivity contribution is -0.413. The summed E-state index contributed by atoms with van der Waals surface area (Å²) in [5, 5.41) is 63.4. The van der Waals surface area contributed by atoms with Crippen LogP contribution in [0.15, 0.2) is 34.0 Å². The first kappa shape index (κ1) is 27.2. The van der Waals surface area contributed by atoms with Gasteiger partial charge in [0.25, 0.3) is 5.56 Å². The summed E-state index contributed by atoms with van der Waals surface area (Å²) < 4.78 is 27.1. The average Bonchev–Trinajstić information content (AvgIpc) is 3.05. The molecule has 0 bridgehead atoms. The van der Waals surface area contributed by atoms with E-state index in [1.807, 2.05) is 0 Å². The van der Waals surface area contributed by atoms with E-state index in [-0.39, 0.29) is 26.7 Å². The highest BCUT2D eigenvalue weighted by Gasteiger charge is 2.70. The van der Waals surface area contributed by atoms with Crippen LogP contribution in [0.3, 0.4) is 0 Å². The van der Waals surface area contributed by atoms with E-state index in [0.717, 1.165) is 0 Å². The second-order valence-corrected chi connectivity index (χ2v) is 7.68. The van der Waals surface area contributed by atoms with Gasteiger partial charge in [-0.2, -0.15) is 0 Å². The molecule has 1 aliphatic rings. The second-order valence-electron chi connectivity index (χ2n) is 7.68. The minimum Gasteiger partial charge on any atom is -0.504 e. The molecule has 15 nitrogen and oxygen atoms in total. The Labute approximate surface area is 200 Å². The zero-order valence-corrected chi connectivity index (χ0v) is 18.7. The molecule has 0 amide bonds. The third kappa shape index (κ3) is 4.46. The van der Waals surface area contributed by atoms with Crippen molar-refractivity contribution < 1.29 is 54.1 Å². The number of carbonyl (C=O) groups excluding carboxylic acids is 1. The van der Waals surface area contributed by atoms with Crippen molar-refractivity contribution in [1.82, 2.24) is 14.6 Å². The van der Waals surface area contributed by atoms with E-state index in [1.165, 1.54) is 25.3 Å². The highest BCUT2D eigenvalue weighted by atomic mass is 19.1. The number of halogens is 1. The Morgan fingerprint density at radius 2 is 2.03 bits per heavy atom. The fourth-order valence-corrected chi connectivity index (χ4v) is 3.67. The number of carbonyl (C=O) groups is 1. The van der Waals surface area contributed by atoms with Crippen LogP contribution < -0.4 is 16.0 Å². The highest BCUT2D eigenvalue weighted by molar-refractivity contribution is 5.88. The van der Waals surface area contributed by atoms with Gasteiger partial charge in [0.15, 0.2) is 11.5 Å². The van der Waals surface area contributed by atoms with Crippen molar-refractivity contribution in [3.8, 4) is 11.5 Å². The molecular weight excluding hydrogens is 493 g/mol. The van der Waals surface area contributed by atoms with Crippen molar-refractivity contribution in [2.75, 3.05) is 27.0 Å². The van der Waals surface area contributed by atoms with Gasteiger partial charge in [0.1, 0.15) is 31.1 Å². The molecule has 0 unspecified atom stereocenters. The number of esters is 1. The lowest BCUT2D eigenvalue weighted by Gasteiger charge is -2.42. The number of hydroxylamine groups is 2. The van der Waals surface area contributed by atoms with Crippen LogP contribution in [0.2, 0.25) is 0 Å². The first-order chi connectivity index (χ1) is 16.9. The number of ether oxygens (including phenoxy) is 3. The van der Waals surface area contributed by atoms with Crippen molar-refractivity contribution in [3.05, 3.63) is 56.4 Å². The SMILES string of the molecule is COc1cc(CN(O)[C@@]2(O)[C@H](O)[C@@H](CO)O[C@@]2(O)n2cc(C(=O)OCCF)c(=O)[nH]c2=O)ccc1O. The van der Waals surface area contributed by atoms with Crippen molar-refractivity contribution in [2.24, 2.45) is 0 Å². The van der Waals surface area contributed by atoms with Gasteiger partial charge in [0, 0.05) is 6.20 Å². The third-order valence-electron chi connectivity index (χ3n) is 5.51. The van der Waals surface area contributed by atoms with Gasteiger partial charge in [-0.1, -0.05) is 6.07 Å². The molecule has 7 N–H and O–H groups in total. The van der Waals surface area contributed by atoms with Gasteiger partial charge < -0.3 is 45.0 Å². The summed E-state index contributed by atoms with van der Waals surface area (Å²) in [5.74, 6) is -5.10. The van der Waals surface area contributed by atoms with Crippen LogP contribution in [-0.2, 0) is 21.9 Å². The van der Waals surface area contributed by atoms with Crippen LogP contribution >= 0.6 is 0 Å². The van der Waals surface area contributed by atoms with E-state index < -0.39 is 73.1 Å². The second kappa shape index (κ2) is 10.3. The molecule has 1 saturated heterocycles. The first-order valence-corrected chi connectivity index (χ1v) is 10.3. The summed E-state index contributed by atoms with van der Waals surface area (Å²) in [7, 11) is 1.25. The van der Waals surface area contributed by atoms with Crippen LogP contribution in [0.25, 0.3) is 0 Å². The molecule has 198 valence electrons.